The summed E-state index contributed by atoms with van der Waals surface area (Å²) in [6.45, 7) is 10.2. The highest BCUT2D eigenvalue weighted by Gasteiger charge is 2.30. The van der Waals surface area contributed by atoms with Gasteiger partial charge in [-0.1, -0.05) is 0 Å². The molecule has 6 heteroatoms. The number of benzene rings is 1. The van der Waals surface area contributed by atoms with E-state index in [2.05, 4.69) is 4.90 Å². The SMILES string of the molecule is COc1ccc(-c2nc(CN3CCN(C)C(=O)C3C)c(C)o2)c(C)c1C. The molecule has 1 amide bonds. The first-order chi connectivity index (χ1) is 12.3. The second-order valence-electron chi connectivity index (χ2n) is 6.99. The van der Waals surface area contributed by atoms with Crippen LogP contribution in [-0.4, -0.2) is 54.0 Å². The molecular formula is C20H27N3O3. The Morgan fingerprint density at radius 3 is 2.65 bits per heavy atom. The second kappa shape index (κ2) is 7.11. The molecule has 0 N–H and O–H groups in total. The summed E-state index contributed by atoms with van der Waals surface area (Å²) in [6.07, 6.45) is 0. The van der Waals surface area contributed by atoms with Gasteiger partial charge >= 0.3 is 0 Å². The zero-order valence-corrected chi connectivity index (χ0v) is 16.4. The van der Waals surface area contributed by atoms with Crippen molar-refractivity contribution in [1.29, 1.82) is 0 Å². The van der Waals surface area contributed by atoms with Crippen LogP contribution < -0.4 is 4.74 Å². The molecule has 1 aromatic carbocycles. The number of aromatic nitrogens is 1. The van der Waals surface area contributed by atoms with Gasteiger partial charge in [0.05, 0.1) is 18.8 Å². The quantitative estimate of drug-likeness (QED) is 0.842. The van der Waals surface area contributed by atoms with Crippen molar-refractivity contribution in [2.24, 2.45) is 0 Å². The average molecular weight is 357 g/mol. The van der Waals surface area contributed by atoms with E-state index in [1.54, 1.807) is 12.0 Å². The molecule has 0 aliphatic carbocycles. The van der Waals surface area contributed by atoms with Gasteiger partial charge in [-0.05, 0) is 51.0 Å². The van der Waals surface area contributed by atoms with Crippen molar-refractivity contribution in [3.05, 3.63) is 34.7 Å². The highest BCUT2D eigenvalue weighted by Crippen LogP contribution is 2.32. The largest absolute Gasteiger partial charge is 0.496 e. The van der Waals surface area contributed by atoms with E-state index in [4.69, 9.17) is 14.1 Å². The molecule has 2 heterocycles. The Bertz CT molecular complexity index is 828. The van der Waals surface area contributed by atoms with Gasteiger partial charge in [-0.15, -0.1) is 0 Å². The lowest BCUT2D eigenvalue weighted by Crippen LogP contribution is -2.53. The molecule has 2 aromatic rings. The molecular weight excluding hydrogens is 330 g/mol. The summed E-state index contributed by atoms with van der Waals surface area (Å²) in [4.78, 5) is 20.9. The molecule has 1 aromatic heterocycles. The molecule has 6 nitrogen and oxygen atoms in total. The maximum Gasteiger partial charge on any atom is 0.239 e. The number of oxazole rings is 1. The van der Waals surface area contributed by atoms with Gasteiger partial charge in [0.25, 0.3) is 0 Å². The van der Waals surface area contributed by atoms with Gasteiger partial charge in [-0.2, -0.15) is 0 Å². The van der Waals surface area contributed by atoms with E-state index in [1.165, 1.54) is 0 Å². The molecule has 1 fully saturated rings. The standard InChI is InChI=1S/C20H27N3O3/c1-12-13(2)18(25-6)8-7-16(12)19-21-17(15(4)26-19)11-23-10-9-22(5)20(24)14(23)3/h7-8,14H,9-11H2,1-6H3. The lowest BCUT2D eigenvalue weighted by molar-refractivity contribution is -0.139. The number of likely N-dealkylation sites (N-methyl/N-ethyl adjacent to an activating group) is 1. The van der Waals surface area contributed by atoms with Crippen LogP contribution in [0, 0.1) is 20.8 Å². The molecule has 1 aliphatic rings. The number of amides is 1. The number of methoxy groups -OCH3 is 1. The molecule has 0 spiro atoms. The van der Waals surface area contributed by atoms with Gasteiger partial charge in [0.2, 0.25) is 11.8 Å². The van der Waals surface area contributed by atoms with Gasteiger partial charge in [-0.3, -0.25) is 9.69 Å². The second-order valence-corrected chi connectivity index (χ2v) is 6.99. The zero-order chi connectivity index (χ0) is 19.0. The lowest BCUT2D eigenvalue weighted by atomic mass is 10.0. The van der Waals surface area contributed by atoms with E-state index in [0.717, 1.165) is 47.0 Å². The highest BCUT2D eigenvalue weighted by atomic mass is 16.5. The van der Waals surface area contributed by atoms with Gasteiger partial charge in [0, 0.05) is 32.2 Å². The van der Waals surface area contributed by atoms with Crippen LogP contribution in [0.5, 0.6) is 5.75 Å². The van der Waals surface area contributed by atoms with Crippen LogP contribution in [0.25, 0.3) is 11.5 Å². The van der Waals surface area contributed by atoms with E-state index in [0.29, 0.717) is 12.4 Å². The van der Waals surface area contributed by atoms with Crippen molar-refractivity contribution in [3.8, 4) is 17.2 Å². The fourth-order valence-electron chi connectivity index (χ4n) is 3.40. The van der Waals surface area contributed by atoms with Crippen LogP contribution in [0.15, 0.2) is 16.5 Å². The summed E-state index contributed by atoms with van der Waals surface area (Å²) >= 11 is 0. The third-order valence-corrected chi connectivity index (χ3v) is 5.44. The van der Waals surface area contributed by atoms with Crippen LogP contribution in [0.2, 0.25) is 0 Å². The van der Waals surface area contributed by atoms with Crippen LogP contribution >= 0.6 is 0 Å². The number of carbonyl (C=O) groups is 1. The van der Waals surface area contributed by atoms with Crippen LogP contribution in [0.4, 0.5) is 0 Å². The third kappa shape index (κ3) is 3.21. The number of nitrogens with zero attached hydrogens (tertiary/aromatic N) is 3. The highest BCUT2D eigenvalue weighted by molar-refractivity contribution is 5.81. The average Bonchev–Trinajstić information content (AvgIpc) is 2.98. The fraction of sp³-hybridized carbons (Fsp3) is 0.500. The first kappa shape index (κ1) is 18.5. The fourth-order valence-corrected chi connectivity index (χ4v) is 3.40. The summed E-state index contributed by atoms with van der Waals surface area (Å²) in [7, 11) is 3.53. The van der Waals surface area contributed by atoms with Crippen molar-refractivity contribution in [3.63, 3.8) is 0 Å². The number of carbonyl (C=O) groups excluding carboxylic acids is 1. The predicted molar refractivity (Wildman–Crippen MR) is 100 cm³/mol. The number of hydrogen-bond donors (Lipinski definition) is 0. The predicted octanol–water partition coefficient (Wildman–Crippen LogP) is 2.94. The molecule has 26 heavy (non-hydrogen) atoms. The topological polar surface area (TPSA) is 58.8 Å². The van der Waals surface area contributed by atoms with Gasteiger partial charge < -0.3 is 14.1 Å². The summed E-state index contributed by atoms with van der Waals surface area (Å²) in [5, 5.41) is 0. The minimum absolute atomic E-state index is 0.140. The Kier molecular flexibility index (Phi) is 5.05. The van der Waals surface area contributed by atoms with Gasteiger partial charge in [0.15, 0.2) is 0 Å². The Morgan fingerprint density at radius 1 is 1.23 bits per heavy atom. The Balaban J connectivity index is 1.86. The molecule has 0 bridgehead atoms. The molecule has 3 rings (SSSR count). The van der Waals surface area contributed by atoms with Crippen LogP contribution in [0.3, 0.4) is 0 Å². The molecule has 0 radical (unpaired) electrons. The summed E-state index contributed by atoms with van der Waals surface area (Å²) in [6, 6.07) is 3.79. The maximum absolute atomic E-state index is 12.2. The lowest BCUT2D eigenvalue weighted by Gasteiger charge is -2.36. The van der Waals surface area contributed by atoms with Gasteiger partial charge in [0.1, 0.15) is 11.5 Å². The summed E-state index contributed by atoms with van der Waals surface area (Å²) in [5.74, 6) is 2.43. The Hall–Kier alpha value is -2.34. The first-order valence-electron chi connectivity index (χ1n) is 8.93. The molecule has 1 saturated heterocycles. The molecule has 1 unspecified atom stereocenters. The molecule has 140 valence electrons. The molecule has 1 atom stereocenters. The zero-order valence-electron chi connectivity index (χ0n) is 16.4. The van der Waals surface area contributed by atoms with E-state index in [9.17, 15) is 4.79 Å². The minimum atomic E-state index is -0.140. The summed E-state index contributed by atoms with van der Waals surface area (Å²) in [5.41, 5.74) is 4.04. The Labute approximate surface area is 154 Å². The minimum Gasteiger partial charge on any atom is -0.496 e. The number of aryl methyl sites for hydroxylation is 1. The van der Waals surface area contributed by atoms with Crippen molar-refractivity contribution >= 4 is 5.91 Å². The van der Waals surface area contributed by atoms with Crippen LogP contribution in [-0.2, 0) is 11.3 Å². The number of piperazine rings is 1. The molecule has 0 saturated carbocycles. The number of rotatable bonds is 4. The van der Waals surface area contributed by atoms with Crippen LogP contribution in [0.1, 0.15) is 29.5 Å². The maximum atomic E-state index is 12.2. The van der Waals surface area contributed by atoms with E-state index in [1.807, 2.05) is 46.9 Å². The molecule has 1 aliphatic heterocycles. The van der Waals surface area contributed by atoms with E-state index >= 15 is 0 Å². The van der Waals surface area contributed by atoms with Crippen molar-refractivity contribution in [1.82, 2.24) is 14.8 Å². The van der Waals surface area contributed by atoms with Crippen molar-refractivity contribution in [2.45, 2.75) is 40.3 Å². The van der Waals surface area contributed by atoms with E-state index < -0.39 is 0 Å². The smallest absolute Gasteiger partial charge is 0.239 e. The summed E-state index contributed by atoms with van der Waals surface area (Å²) < 4.78 is 11.3. The third-order valence-electron chi connectivity index (χ3n) is 5.44. The Morgan fingerprint density at radius 2 is 1.96 bits per heavy atom. The number of hydrogen-bond acceptors (Lipinski definition) is 5. The monoisotopic (exact) mass is 357 g/mol. The van der Waals surface area contributed by atoms with Gasteiger partial charge in [-0.25, -0.2) is 4.98 Å². The van der Waals surface area contributed by atoms with E-state index in [-0.39, 0.29) is 11.9 Å². The number of ether oxygens (including phenoxy) is 1. The van der Waals surface area contributed by atoms with Crippen molar-refractivity contribution in [2.75, 3.05) is 27.2 Å². The van der Waals surface area contributed by atoms with Crippen molar-refractivity contribution < 1.29 is 13.9 Å². The normalized spacial score (nSPS) is 18.5. The first-order valence-corrected chi connectivity index (χ1v) is 8.93.